The summed E-state index contributed by atoms with van der Waals surface area (Å²) < 4.78 is 0. The number of hydrogen-bond donors (Lipinski definition) is 0. The van der Waals surface area contributed by atoms with E-state index < -0.39 is 0 Å². The summed E-state index contributed by atoms with van der Waals surface area (Å²) in [4.78, 5) is 0. The van der Waals surface area contributed by atoms with Crippen molar-refractivity contribution in [1.82, 2.24) is 0 Å². The molecule has 2 rings (SSSR count). The van der Waals surface area contributed by atoms with E-state index in [0.29, 0.717) is 16.5 Å². The van der Waals surface area contributed by atoms with E-state index in [2.05, 4.69) is 32.0 Å². The highest BCUT2D eigenvalue weighted by molar-refractivity contribution is 6.53. The van der Waals surface area contributed by atoms with Gasteiger partial charge in [-0.25, -0.2) is 0 Å². The van der Waals surface area contributed by atoms with Crippen LogP contribution < -0.4 is 0 Å². The van der Waals surface area contributed by atoms with Crippen LogP contribution in [0, 0.1) is 11.3 Å². The maximum atomic E-state index is 9.36. The molecule has 0 spiro atoms. The summed E-state index contributed by atoms with van der Waals surface area (Å²) in [7, 11) is 0. The lowest BCUT2D eigenvalue weighted by Crippen LogP contribution is -1.89. The van der Waals surface area contributed by atoms with Crippen LogP contribution >= 0.6 is 11.6 Å². The van der Waals surface area contributed by atoms with Crippen molar-refractivity contribution in [3.63, 3.8) is 0 Å². The van der Waals surface area contributed by atoms with Crippen LogP contribution in [0.4, 0.5) is 0 Å². The van der Waals surface area contributed by atoms with Crippen molar-refractivity contribution in [2.75, 3.05) is 0 Å². The van der Waals surface area contributed by atoms with Crippen LogP contribution in [-0.4, -0.2) is 0 Å². The highest BCUT2D eigenvalue weighted by atomic mass is 35.5. The third kappa shape index (κ3) is 3.10. The largest absolute Gasteiger partial charge is 0.192 e. The fourth-order valence-corrected chi connectivity index (χ4v) is 2.28. The zero-order valence-corrected chi connectivity index (χ0v) is 12.4. The lowest BCUT2D eigenvalue weighted by molar-refractivity contribution is 0.866. The molecule has 1 nitrogen and oxygen atoms in total. The molecular weight excluding hydrogens is 266 g/mol. The summed E-state index contributed by atoms with van der Waals surface area (Å²) in [5, 5.41) is 9.86. The predicted octanol–water partition coefficient (Wildman–Crippen LogP) is 5.44. The SMILES string of the molecule is CC(C)c1ccc(C(Cl)=C(C#N)c2ccccc2)cc1. The second-order valence-electron chi connectivity index (χ2n) is 4.94. The maximum absolute atomic E-state index is 9.36. The van der Waals surface area contributed by atoms with Crippen molar-refractivity contribution in [3.8, 4) is 6.07 Å². The number of rotatable bonds is 3. The average Bonchev–Trinajstić information content (AvgIpc) is 2.49. The molecule has 0 saturated carbocycles. The van der Waals surface area contributed by atoms with Gasteiger partial charge >= 0.3 is 0 Å². The van der Waals surface area contributed by atoms with Crippen LogP contribution in [0.2, 0.25) is 0 Å². The van der Waals surface area contributed by atoms with Gasteiger partial charge in [-0.2, -0.15) is 5.26 Å². The van der Waals surface area contributed by atoms with Crippen LogP contribution in [0.15, 0.2) is 54.6 Å². The Balaban J connectivity index is 2.44. The third-order valence-corrected chi connectivity index (χ3v) is 3.63. The van der Waals surface area contributed by atoms with Gasteiger partial charge in [-0.05, 0) is 22.6 Å². The Morgan fingerprint density at radius 3 is 2.05 bits per heavy atom. The van der Waals surface area contributed by atoms with Gasteiger partial charge in [0, 0.05) is 0 Å². The highest BCUT2D eigenvalue weighted by Gasteiger charge is 2.09. The molecule has 0 atom stereocenters. The molecular formula is C18H16ClN. The normalized spacial score (nSPS) is 11.9. The molecule has 0 unspecified atom stereocenters. The van der Waals surface area contributed by atoms with E-state index in [-0.39, 0.29) is 0 Å². The van der Waals surface area contributed by atoms with E-state index in [1.54, 1.807) is 0 Å². The van der Waals surface area contributed by atoms with Gasteiger partial charge in [-0.3, -0.25) is 0 Å². The molecule has 0 aromatic heterocycles. The van der Waals surface area contributed by atoms with Gasteiger partial charge in [-0.15, -0.1) is 0 Å². The van der Waals surface area contributed by atoms with Crippen LogP contribution in [0.25, 0.3) is 10.6 Å². The van der Waals surface area contributed by atoms with Crippen LogP contribution in [0.5, 0.6) is 0 Å². The Hall–Kier alpha value is -2.04. The molecule has 20 heavy (non-hydrogen) atoms. The van der Waals surface area contributed by atoms with E-state index in [1.165, 1.54) is 5.56 Å². The van der Waals surface area contributed by atoms with E-state index >= 15 is 0 Å². The van der Waals surface area contributed by atoms with Gasteiger partial charge in [0.05, 0.1) is 10.6 Å². The third-order valence-electron chi connectivity index (χ3n) is 3.22. The molecule has 0 aliphatic heterocycles. The first kappa shape index (κ1) is 14.4. The van der Waals surface area contributed by atoms with Crippen molar-refractivity contribution in [2.24, 2.45) is 0 Å². The molecule has 0 bridgehead atoms. The Labute approximate surface area is 125 Å². The summed E-state index contributed by atoms with van der Waals surface area (Å²) in [6, 6.07) is 19.8. The molecule has 0 heterocycles. The minimum Gasteiger partial charge on any atom is -0.192 e. The minimum absolute atomic E-state index is 0.483. The Morgan fingerprint density at radius 1 is 0.950 bits per heavy atom. The van der Waals surface area contributed by atoms with Crippen molar-refractivity contribution < 1.29 is 0 Å². The van der Waals surface area contributed by atoms with E-state index in [0.717, 1.165) is 11.1 Å². The van der Waals surface area contributed by atoms with Crippen LogP contribution in [0.1, 0.15) is 36.5 Å². The zero-order chi connectivity index (χ0) is 14.5. The summed E-state index contributed by atoms with van der Waals surface area (Å²) in [6.07, 6.45) is 0. The number of nitriles is 1. The average molecular weight is 282 g/mol. The molecule has 0 saturated heterocycles. The molecule has 2 aromatic carbocycles. The molecule has 0 aliphatic rings. The summed E-state index contributed by atoms with van der Waals surface area (Å²) in [5.41, 5.74) is 3.48. The molecule has 0 radical (unpaired) electrons. The maximum Gasteiger partial charge on any atom is 0.101 e. The summed E-state index contributed by atoms with van der Waals surface area (Å²) in [5.74, 6) is 0.483. The van der Waals surface area contributed by atoms with Gasteiger partial charge in [0.15, 0.2) is 0 Å². The van der Waals surface area contributed by atoms with Gasteiger partial charge in [0.25, 0.3) is 0 Å². The predicted molar refractivity (Wildman–Crippen MR) is 85.3 cm³/mol. The monoisotopic (exact) mass is 281 g/mol. The Kier molecular flexibility index (Phi) is 4.61. The number of halogens is 1. The lowest BCUT2D eigenvalue weighted by Gasteiger charge is -2.08. The molecule has 0 amide bonds. The molecule has 100 valence electrons. The van der Waals surface area contributed by atoms with Crippen LogP contribution in [0.3, 0.4) is 0 Å². The first-order chi connectivity index (χ1) is 9.63. The first-order valence-electron chi connectivity index (χ1n) is 6.59. The summed E-state index contributed by atoms with van der Waals surface area (Å²) in [6.45, 7) is 4.30. The zero-order valence-electron chi connectivity index (χ0n) is 11.6. The molecule has 2 heteroatoms. The standard InChI is InChI=1S/C18H16ClN/c1-13(2)14-8-10-16(11-9-14)18(19)17(12-20)15-6-4-3-5-7-15/h3-11,13H,1-2H3. The van der Waals surface area contributed by atoms with Crippen molar-refractivity contribution in [1.29, 1.82) is 5.26 Å². The topological polar surface area (TPSA) is 23.8 Å². The number of nitrogens with zero attached hydrogens (tertiary/aromatic N) is 1. The second kappa shape index (κ2) is 6.41. The lowest BCUT2D eigenvalue weighted by atomic mass is 9.99. The van der Waals surface area contributed by atoms with E-state index in [1.807, 2.05) is 42.5 Å². The van der Waals surface area contributed by atoms with Gasteiger partial charge in [0.1, 0.15) is 6.07 Å². The van der Waals surface area contributed by atoms with Gasteiger partial charge in [0.2, 0.25) is 0 Å². The van der Waals surface area contributed by atoms with Gasteiger partial charge in [-0.1, -0.05) is 80.0 Å². The van der Waals surface area contributed by atoms with Crippen molar-refractivity contribution in [2.45, 2.75) is 19.8 Å². The number of benzene rings is 2. The minimum atomic E-state index is 0.483. The van der Waals surface area contributed by atoms with Crippen LogP contribution in [-0.2, 0) is 0 Å². The smallest absolute Gasteiger partial charge is 0.101 e. The number of hydrogen-bond acceptors (Lipinski definition) is 1. The molecule has 0 aliphatic carbocycles. The Morgan fingerprint density at radius 2 is 1.55 bits per heavy atom. The fourth-order valence-electron chi connectivity index (χ4n) is 2.00. The quantitative estimate of drug-likeness (QED) is 0.543. The Bertz CT molecular complexity index is 646. The van der Waals surface area contributed by atoms with Crippen molar-refractivity contribution in [3.05, 3.63) is 71.3 Å². The fraction of sp³-hybridized carbons (Fsp3) is 0.167. The summed E-state index contributed by atoms with van der Waals surface area (Å²) >= 11 is 6.40. The van der Waals surface area contributed by atoms with Crippen molar-refractivity contribution >= 4 is 22.2 Å². The second-order valence-corrected chi connectivity index (χ2v) is 5.32. The van der Waals surface area contributed by atoms with Gasteiger partial charge < -0.3 is 0 Å². The molecule has 0 fully saturated rings. The first-order valence-corrected chi connectivity index (χ1v) is 6.97. The number of allylic oxidation sites excluding steroid dienone is 1. The van der Waals surface area contributed by atoms with E-state index in [9.17, 15) is 5.26 Å². The van der Waals surface area contributed by atoms with E-state index in [4.69, 9.17) is 11.6 Å². The molecule has 2 aromatic rings. The molecule has 0 N–H and O–H groups in total. The highest BCUT2D eigenvalue weighted by Crippen LogP contribution is 2.30.